The first kappa shape index (κ1) is 23.9. The van der Waals surface area contributed by atoms with Crippen LogP contribution >= 0.6 is 11.8 Å². The van der Waals surface area contributed by atoms with E-state index in [1.165, 1.54) is 17.3 Å². The van der Waals surface area contributed by atoms with Crippen LogP contribution < -0.4 is 9.47 Å². The molecule has 0 radical (unpaired) electrons. The summed E-state index contributed by atoms with van der Waals surface area (Å²) in [5, 5.41) is 13.8. The molecule has 0 bridgehead atoms. The lowest BCUT2D eigenvalue weighted by Gasteiger charge is -2.19. The van der Waals surface area contributed by atoms with Crippen molar-refractivity contribution in [1.82, 2.24) is 14.9 Å². The molecule has 1 aromatic heterocycles. The Bertz CT molecular complexity index is 1070. The minimum atomic E-state index is 0.138. The summed E-state index contributed by atoms with van der Waals surface area (Å²) in [6.45, 7) is 11.3. The van der Waals surface area contributed by atoms with Gasteiger partial charge in [0.2, 0.25) is 5.16 Å². The monoisotopic (exact) mass is 452 g/mol. The van der Waals surface area contributed by atoms with Crippen LogP contribution in [0.1, 0.15) is 63.1 Å². The standard InChI is InChI=1S/C25H32N4O2S/c1-17(2)23-27-28-24(32-7)29(23)26-15-19-10-13-21(22(14-19)30-6)31-16-18-8-11-20(12-9-18)25(3,4)5/h8-15,17H,16H2,1-7H3/b26-15-. The highest BCUT2D eigenvalue weighted by Gasteiger charge is 2.14. The minimum Gasteiger partial charge on any atom is -0.493 e. The Hall–Kier alpha value is -2.80. The quantitative estimate of drug-likeness (QED) is 0.315. The molecule has 0 N–H and O–H groups in total. The molecular weight excluding hydrogens is 420 g/mol. The van der Waals surface area contributed by atoms with Crippen molar-refractivity contribution < 1.29 is 9.47 Å². The number of ether oxygens (including phenoxy) is 2. The molecule has 0 unspecified atom stereocenters. The highest BCUT2D eigenvalue weighted by atomic mass is 32.2. The van der Waals surface area contributed by atoms with E-state index in [2.05, 4.69) is 74.2 Å². The molecule has 0 spiro atoms. The van der Waals surface area contributed by atoms with Crippen molar-refractivity contribution in [3.63, 3.8) is 0 Å². The number of rotatable bonds is 8. The highest BCUT2D eigenvalue weighted by molar-refractivity contribution is 7.98. The summed E-state index contributed by atoms with van der Waals surface area (Å²) in [6.07, 6.45) is 3.75. The zero-order valence-electron chi connectivity index (χ0n) is 19.9. The second kappa shape index (κ2) is 10.2. The molecule has 3 rings (SSSR count). The van der Waals surface area contributed by atoms with E-state index in [4.69, 9.17) is 9.47 Å². The molecule has 0 aliphatic rings. The van der Waals surface area contributed by atoms with Crippen molar-refractivity contribution in [2.75, 3.05) is 13.4 Å². The van der Waals surface area contributed by atoms with Crippen LogP contribution in [0.5, 0.6) is 11.5 Å². The number of hydrogen-bond acceptors (Lipinski definition) is 6. The number of thioether (sulfide) groups is 1. The third-order valence-corrected chi connectivity index (χ3v) is 5.68. The van der Waals surface area contributed by atoms with Gasteiger partial charge in [0, 0.05) is 5.92 Å². The molecule has 7 heteroatoms. The van der Waals surface area contributed by atoms with E-state index in [-0.39, 0.29) is 11.3 Å². The molecule has 3 aromatic rings. The van der Waals surface area contributed by atoms with Crippen LogP contribution in [-0.2, 0) is 12.0 Å². The molecule has 32 heavy (non-hydrogen) atoms. The van der Waals surface area contributed by atoms with Crippen LogP contribution in [0.4, 0.5) is 0 Å². The maximum absolute atomic E-state index is 6.03. The molecule has 1 heterocycles. The Morgan fingerprint density at radius 2 is 1.78 bits per heavy atom. The van der Waals surface area contributed by atoms with Gasteiger partial charge in [-0.2, -0.15) is 9.78 Å². The number of methoxy groups -OCH3 is 1. The van der Waals surface area contributed by atoms with Crippen molar-refractivity contribution in [3.8, 4) is 11.5 Å². The van der Waals surface area contributed by atoms with E-state index in [9.17, 15) is 0 Å². The maximum Gasteiger partial charge on any atom is 0.211 e. The average molecular weight is 453 g/mol. The Labute approximate surface area is 195 Å². The van der Waals surface area contributed by atoms with Crippen molar-refractivity contribution >= 4 is 18.0 Å². The molecule has 0 saturated carbocycles. The predicted octanol–water partition coefficient (Wildman–Crippen LogP) is 5.89. The summed E-state index contributed by atoms with van der Waals surface area (Å²) in [7, 11) is 1.64. The van der Waals surface area contributed by atoms with E-state index < -0.39 is 0 Å². The van der Waals surface area contributed by atoms with Crippen LogP contribution in [0.2, 0.25) is 0 Å². The lowest BCUT2D eigenvalue weighted by atomic mass is 9.87. The van der Waals surface area contributed by atoms with Gasteiger partial charge in [-0.3, -0.25) is 0 Å². The Morgan fingerprint density at radius 3 is 2.38 bits per heavy atom. The van der Waals surface area contributed by atoms with Gasteiger partial charge < -0.3 is 9.47 Å². The summed E-state index contributed by atoms with van der Waals surface area (Å²) in [5.41, 5.74) is 3.46. The minimum absolute atomic E-state index is 0.138. The third kappa shape index (κ3) is 5.71. The molecule has 0 aliphatic heterocycles. The number of aromatic nitrogens is 3. The first-order chi connectivity index (χ1) is 15.2. The lowest BCUT2D eigenvalue weighted by molar-refractivity contribution is 0.284. The van der Waals surface area contributed by atoms with Gasteiger partial charge in [0.1, 0.15) is 6.61 Å². The van der Waals surface area contributed by atoms with Crippen LogP contribution in [-0.4, -0.2) is 34.5 Å². The largest absolute Gasteiger partial charge is 0.493 e. The average Bonchev–Trinajstić information content (AvgIpc) is 3.19. The van der Waals surface area contributed by atoms with Crippen LogP contribution in [0, 0.1) is 0 Å². The van der Waals surface area contributed by atoms with Crippen LogP contribution in [0.15, 0.2) is 52.7 Å². The van der Waals surface area contributed by atoms with Crippen molar-refractivity contribution in [2.45, 2.75) is 57.7 Å². The summed E-state index contributed by atoms with van der Waals surface area (Å²) in [6, 6.07) is 14.3. The normalized spacial score (nSPS) is 12.0. The molecule has 170 valence electrons. The van der Waals surface area contributed by atoms with Gasteiger partial charge in [-0.25, -0.2) is 0 Å². The molecule has 0 saturated heterocycles. The maximum atomic E-state index is 6.03. The van der Waals surface area contributed by atoms with Gasteiger partial charge in [0.25, 0.3) is 0 Å². The Kier molecular flexibility index (Phi) is 7.61. The first-order valence-electron chi connectivity index (χ1n) is 10.7. The molecule has 0 fully saturated rings. The fraction of sp³-hybridized carbons (Fsp3) is 0.400. The molecular formula is C25H32N4O2S. The van der Waals surface area contributed by atoms with Gasteiger partial charge in [-0.15, -0.1) is 10.2 Å². The second-order valence-corrected chi connectivity index (χ2v) is 9.68. The third-order valence-electron chi connectivity index (χ3n) is 5.06. The van der Waals surface area contributed by atoms with Crippen LogP contribution in [0.3, 0.4) is 0 Å². The van der Waals surface area contributed by atoms with E-state index in [1.807, 2.05) is 24.5 Å². The van der Waals surface area contributed by atoms with Crippen molar-refractivity contribution in [1.29, 1.82) is 0 Å². The zero-order chi connectivity index (χ0) is 23.3. The van der Waals surface area contributed by atoms with E-state index in [1.54, 1.807) is 18.0 Å². The number of hydrogen-bond donors (Lipinski definition) is 0. The van der Waals surface area contributed by atoms with E-state index in [0.29, 0.717) is 18.1 Å². The SMILES string of the molecule is COc1cc(/C=N\n2c(SC)nnc2C(C)C)ccc1OCc1ccc(C(C)(C)C)cc1. The second-order valence-electron chi connectivity index (χ2n) is 8.90. The van der Waals surface area contributed by atoms with Crippen molar-refractivity contribution in [2.24, 2.45) is 5.10 Å². The van der Waals surface area contributed by atoms with Gasteiger partial charge in [-0.1, -0.05) is 70.6 Å². The summed E-state index contributed by atoms with van der Waals surface area (Å²) < 4.78 is 13.4. The molecule has 0 amide bonds. The van der Waals surface area contributed by atoms with Gasteiger partial charge in [-0.05, 0) is 46.6 Å². The van der Waals surface area contributed by atoms with Gasteiger partial charge in [0.05, 0.1) is 13.3 Å². The van der Waals surface area contributed by atoms with Crippen molar-refractivity contribution in [3.05, 3.63) is 65.0 Å². The zero-order valence-corrected chi connectivity index (χ0v) is 20.7. The summed E-state index contributed by atoms with van der Waals surface area (Å²) in [4.78, 5) is 0. The smallest absolute Gasteiger partial charge is 0.211 e. The number of benzene rings is 2. The fourth-order valence-electron chi connectivity index (χ4n) is 3.14. The Balaban J connectivity index is 1.74. The summed E-state index contributed by atoms with van der Waals surface area (Å²) in [5.74, 6) is 2.41. The lowest BCUT2D eigenvalue weighted by Crippen LogP contribution is -2.10. The van der Waals surface area contributed by atoms with Gasteiger partial charge in [0.15, 0.2) is 17.3 Å². The molecule has 0 aliphatic carbocycles. The molecule has 6 nitrogen and oxygen atoms in total. The van der Waals surface area contributed by atoms with Crippen LogP contribution in [0.25, 0.3) is 0 Å². The molecule has 0 atom stereocenters. The number of nitrogens with zero attached hydrogens (tertiary/aromatic N) is 4. The summed E-state index contributed by atoms with van der Waals surface area (Å²) >= 11 is 1.52. The topological polar surface area (TPSA) is 61.5 Å². The fourth-order valence-corrected chi connectivity index (χ4v) is 3.58. The molecule has 2 aromatic carbocycles. The highest BCUT2D eigenvalue weighted by Crippen LogP contribution is 2.29. The van der Waals surface area contributed by atoms with E-state index >= 15 is 0 Å². The first-order valence-corrected chi connectivity index (χ1v) is 11.9. The van der Waals surface area contributed by atoms with Gasteiger partial charge >= 0.3 is 0 Å². The Morgan fingerprint density at radius 1 is 1.06 bits per heavy atom. The predicted molar refractivity (Wildman–Crippen MR) is 131 cm³/mol. The van der Waals surface area contributed by atoms with E-state index in [0.717, 1.165) is 22.1 Å².